The first-order valence-corrected chi connectivity index (χ1v) is 15.2. The number of carbonyl (C=O) groups is 1. The van der Waals surface area contributed by atoms with Gasteiger partial charge in [0, 0.05) is 35.0 Å². The van der Waals surface area contributed by atoms with Crippen LogP contribution in [0.2, 0.25) is 0 Å². The number of ether oxygens (including phenoxy) is 1. The lowest BCUT2D eigenvalue weighted by molar-refractivity contribution is 0.0940. The Balaban J connectivity index is 1.56. The van der Waals surface area contributed by atoms with E-state index in [0.29, 0.717) is 23.8 Å². The van der Waals surface area contributed by atoms with Gasteiger partial charge in [-0.25, -0.2) is 8.42 Å². The highest BCUT2D eigenvalue weighted by Gasteiger charge is 2.18. The second kappa shape index (κ2) is 11.3. The van der Waals surface area contributed by atoms with Gasteiger partial charge in [-0.05, 0) is 86.2 Å². The zero-order valence-corrected chi connectivity index (χ0v) is 24.6. The van der Waals surface area contributed by atoms with Crippen LogP contribution in [0.5, 0.6) is 5.75 Å². The van der Waals surface area contributed by atoms with E-state index in [-0.39, 0.29) is 11.9 Å². The number of sulfone groups is 1. The number of benzene rings is 3. The molecule has 0 aliphatic carbocycles. The molecule has 1 heterocycles. The molecule has 0 saturated carbocycles. The number of aryl methyl sites for hydroxylation is 1. The molecule has 0 unspecified atom stereocenters. The molecule has 4 aromatic rings. The van der Waals surface area contributed by atoms with Gasteiger partial charge in [0.25, 0.3) is 5.91 Å². The highest BCUT2D eigenvalue weighted by Crippen LogP contribution is 2.28. The monoisotopic (exact) mass is 546 g/mol. The molecule has 6 nitrogen and oxygen atoms in total. The molecule has 4 rings (SSSR count). The molecule has 0 bridgehead atoms. The fraction of sp³-hybridized carbons (Fsp3) is 0.344. The summed E-state index contributed by atoms with van der Waals surface area (Å²) < 4.78 is 31.5. The van der Waals surface area contributed by atoms with Crippen molar-refractivity contribution in [3.05, 3.63) is 100 Å². The van der Waals surface area contributed by atoms with Crippen molar-refractivity contribution in [1.82, 2.24) is 9.88 Å². The average molecular weight is 547 g/mol. The van der Waals surface area contributed by atoms with Gasteiger partial charge < -0.3 is 14.6 Å². The number of hydrogen-bond donors (Lipinski definition) is 1. The van der Waals surface area contributed by atoms with Crippen LogP contribution >= 0.6 is 0 Å². The molecule has 0 fully saturated rings. The van der Waals surface area contributed by atoms with Gasteiger partial charge in [-0.3, -0.25) is 4.79 Å². The van der Waals surface area contributed by atoms with Crippen molar-refractivity contribution >= 4 is 26.6 Å². The molecule has 0 spiro atoms. The lowest BCUT2D eigenvalue weighted by Crippen LogP contribution is -2.26. The summed E-state index contributed by atoms with van der Waals surface area (Å²) in [6.45, 7) is 12.6. The summed E-state index contributed by atoms with van der Waals surface area (Å²) in [6, 6.07) is 21.6. The van der Waals surface area contributed by atoms with Crippen LogP contribution in [0.1, 0.15) is 78.0 Å². The maximum atomic E-state index is 13.2. The van der Waals surface area contributed by atoms with Gasteiger partial charge in [0.05, 0.1) is 6.04 Å². The largest absolute Gasteiger partial charge is 0.475 e. The van der Waals surface area contributed by atoms with Crippen molar-refractivity contribution in [2.24, 2.45) is 0 Å². The average Bonchev–Trinajstić information content (AvgIpc) is 3.12. The number of nitrogens with one attached hydrogen (secondary N) is 1. The highest BCUT2D eigenvalue weighted by molar-refractivity contribution is 7.91. The first kappa shape index (κ1) is 28.4. The van der Waals surface area contributed by atoms with Gasteiger partial charge in [0.1, 0.15) is 5.75 Å². The van der Waals surface area contributed by atoms with Crippen LogP contribution in [0.4, 0.5) is 0 Å². The lowest BCUT2D eigenvalue weighted by Gasteiger charge is -2.17. The van der Waals surface area contributed by atoms with E-state index in [2.05, 4.69) is 55.8 Å². The first-order chi connectivity index (χ1) is 18.3. The normalized spacial score (nSPS) is 13.4. The van der Waals surface area contributed by atoms with Gasteiger partial charge in [-0.2, -0.15) is 0 Å². The van der Waals surface area contributed by atoms with E-state index in [0.717, 1.165) is 33.3 Å². The Morgan fingerprint density at radius 2 is 1.62 bits per heavy atom. The van der Waals surface area contributed by atoms with Crippen molar-refractivity contribution in [3.63, 3.8) is 0 Å². The van der Waals surface area contributed by atoms with Crippen molar-refractivity contribution in [2.75, 3.05) is 6.26 Å². The highest BCUT2D eigenvalue weighted by atomic mass is 32.2. The number of nitrogens with zero attached hydrogens (tertiary/aromatic N) is 1. The molecule has 39 heavy (non-hydrogen) atoms. The Morgan fingerprint density at radius 3 is 2.31 bits per heavy atom. The molecule has 2 atom stereocenters. The van der Waals surface area contributed by atoms with E-state index in [1.807, 2.05) is 49.4 Å². The molecule has 1 N–H and O–H groups in total. The van der Waals surface area contributed by atoms with Crippen molar-refractivity contribution < 1.29 is 17.9 Å². The zero-order chi connectivity index (χ0) is 28.5. The number of aromatic nitrogens is 1. The van der Waals surface area contributed by atoms with Crippen LogP contribution in [0.25, 0.3) is 10.9 Å². The maximum absolute atomic E-state index is 13.2. The van der Waals surface area contributed by atoms with Crippen molar-refractivity contribution in [2.45, 2.75) is 65.5 Å². The molecule has 1 amide bonds. The molecule has 3 aromatic carbocycles. The van der Waals surface area contributed by atoms with E-state index in [1.54, 1.807) is 6.07 Å². The van der Waals surface area contributed by atoms with Crippen LogP contribution in [-0.4, -0.2) is 30.6 Å². The standard InChI is InChI=1S/C32H38N2O4S/c1-20(2)26-11-9-12-27(17-26)22(4)33-32(35)28-14-15-31-30(18-28)21(3)23(5)34(31)19-25-10-8-13-29(16-25)38-24(6)39(7,36)37/h8-18,20,22,24H,19H2,1-7H3,(H,33,35)/t22-,24+/m0/s1. The van der Waals surface area contributed by atoms with E-state index in [4.69, 9.17) is 4.74 Å². The van der Waals surface area contributed by atoms with E-state index >= 15 is 0 Å². The predicted molar refractivity (Wildman–Crippen MR) is 158 cm³/mol. The van der Waals surface area contributed by atoms with Gasteiger partial charge in [0.2, 0.25) is 0 Å². The fourth-order valence-corrected chi connectivity index (χ4v) is 5.01. The Bertz CT molecular complexity index is 1620. The van der Waals surface area contributed by atoms with Crippen molar-refractivity contribution in [1.29, 1.82) is 0 Å². The van der Waals surface area contributed by atoms with Crippen LogP contribution in [0.15, 0.2) is 66.7 Å². The predicted octanol–water partition coefficient (Wildman–Crippen LogP) is 6.69. The number of hydrogen-bond acceptors (Lipinski definition) is 4. The Morgan fingerprint density at radius 1 is 0.923 bits per heavy atom. The fourth-order valence-electron chi connectivity index (χ4n) is 4.72. The Hall–Kier alpha value is -3.58. The topological polar surface area (TPSA) is 77.4 Å². The molecule has 0 radical (unpaired) electrons. The van der Waals surface area contributed by atoms with E-state index < -0.39 is 15.3 Å². The molecule has 0 saturated heterocycles. The molecule has 1 aromatic heterocycles. The Kier molecular flexibility index (Phi) is 8.21. The Labute approximate surface area is 231 Å². The van der Waals surface area contributed by atoms with Gasteiger partial charge in [-0.1, -0.05) is 50.2 Å². The maximum Gasteiger partial charge on any atom is 0.251 e. The third-order valence-electron chi connectivity index (χ3n) is 7.47. The summed E-state index contributed by atoms with van der Waals surface area (Å²) in [5.41, 5.74) is 6.31. The molecule has 206 valence electrons. The van der Waals surface area contributed by atoms with E-state index in [9.17, 15) is 13.2 Å². The number of fused-ring (bicyclic) bond motifs is 1. The summed E-state index contributed by atoms with van der Waals surface area (Å²) in [5, 5.41) is 4.19. The summed E-state index contributed by atoms with van der Waals surface area (Å²) >= 11 is 0. The quantitative estimate of drug-likeness (QED) is 0.254. The third kappa shape index (κ3) is 6.36. The summed E-state index contributed by atoms with van der Waals surface area (Å²) in [7, 11) is -3.31. The number of carbonyl (C=O) groups excluding carboxylic acids is 1. The molecular formula is C32H38N2O4S. The second-order valence-electron chi connectivity index (χ2n) is 10.7. The SMILES string of the molecule is Cc1c(C)n(Cc2cccc(O[C@@H](C)S(C)(=O)=O)c2)c2ccc(C(=O)N[C@@H](C)c3cccc(C(C)C)c3)cc12. The van der Waals surface area contributed by atoms with Gasteiger partial charge in [0.15, 0.2) is 15.3 Å². The smallest absolute Gasteiger partial charge is 0.251 e. The van der Waals surface area contributed by atoms with Crippen LogP contribution in [0, 0.1) is 13.8 Å². The minimum atomic E-state index is -3.31. The van der Waals surface area contributed by atoms with Crippen LogP contribution in [-0.2, 0) is 16.4 Å². The molecule has 0 aliphatic rings. The molecular weight excluding hydrogens is 508 g/mol. The first-order valence-electron chi connectivity index (χ1n) is 13.3. The number of rotatable bonds is 9. The van der Waals surface area contributed by atoms with E-state index in [1.165, 1.54) is 18.7 Å². The van der Waals surface area contributed by atoms with Gasteiger partial charge >= 0.3 is 0 Å². The van der Waals surface area contributed by atoms with Gasteiger partial charge in [-0.15, -0.1) is 0 Å². The van der Waals surface area contributed by atoms with Crippen LogP contribution in [0.3, 0.4) is 0 Å². The minimum absolute atomic E-state index is 0.103. The lowest BCUT2D eigenvalue weighted by atomic mass is 9.98. The molecule has 0 aliphatic heterocycles. The minimum Gasteiger partial charge on any atom is -0.475 e. The second-order valence-corrected chi connectivity index (χ2v) is 13.0. The van der Waals surface area contributed by atoms with Crippen LogP contribution < -0.4 is 10.1 Å². The zero-order valence-electron chi connectivity index (χ0n) is 23.8. The molecule has 7 heteroatoms. The van der Waals surface area contributed by atoms with Crippen molar-refractivity contribution in [3.8, 4) is 5.75 Å². The summed E-state index contributed by atoms with van der Waals surface area (Å²) in [6.07, 6.45) is 1.17. The summed E-state index contributed by atoms with van der Waals surface area (Å²) in [5.74, 6) is 0.842. The third-order valence-corrected chi connectivity index (χ3v) is 8.77. The summed E-state index contributed by atoms with van der Waals surface area (Å²) in [4.78, 5) is 13.2. The number of amides is 1.